The number of nitrogens with one attached hydrogen (secondary N) is 1. The maximum atomic E-state index is 12.9. The molecule has 0 fully saturated rings. The Balaban J connectivity index is 1.67. The smallest absolute Gasteiger partial charge is 0.451 e. The number of pyridine rings is 2. The largest absolute Gasteiger partial charge is 0.619 e. The second kappa shape index (κ2) is 9.35. The fourth-order valence-corrected chi connectivity index (χ4v) is 3.51. The molecule has 0 radical (unpaired) electrons. The van der Waals surface area contributed by atoms with E-state index in [2.05, 4.69) is 15.0 Å². The molecule has 1 aromatic carbocycles. The van der Waals surface area contributed by atoms with Gasteiger partial charge < -0.3 is 15.3 Å². The van der Waals surface area contributed by atoms with E-state index in [1.807, 2.05) is 0 Å². The lowest BCUT2D eigenvalue weighted by Gasteiger charge is -2.12. The molecular formula is C19H14F2IN3O3S. The molecule has 0 unspecified atom stereocenters. The summed E-state index contributed by atoms with van der Waals surface area (Å²) in [5.74, 6) is 0.149. The van der Waals surface area contributed by atoms with Gasteiger partial charge in [-0.25, -0.2) is 4.98 Å². The molecule has 29 heavy (non-hydrogen) atoms. The first-order chi connectivity index (χ1) is 13.8. The Morgan fingerprint density at radius 3 is 2.55 bits per heavy atom. The van der Waals surface area contributed by atoms with Crippen molar-refractivity contribution in [3.05, 3.63) is 83.5 Å². The molecule has 6 nitrogen and oxygen atoms in total. The van der Waals surface area contributed by atoms with Crippen molar-refractivity contribution in [2.24, 2.45) is 0 Å². The predicted molar refractivity (Wildman–Crippen MR) is 113 cm³/mol. The molecule has 0 aliphatic heterocycles. The van der Waals surface area contributed by atoms with Gasteiger partial charge in [0, 0.05) is 29.8 Å². The van der Waals surface area contributed by atoms with Gasteiger partial charge in [0.2, 0.25) is 0 Å². The monoisotopic (exact) mass is 529 g/mol. The summed E-state index contributed by atoms with van der Waals surface area (Å²) in [6, 6.07) is 12.3. The van der Waals surface area contributed by atoms with Crippen LogP contribution in [0.2, 0.25) is 0 Å². The summed E-state index contributed by atoms with van der Waals surface area (Å²) < 4.78 is 27.6. The van der Waals surface area contributed by atoms with Crippen molar-refractivity contribution in [3.63, 3.8) is 0 Å². The van der Waals surface area contributed by atoms with Gasteiger partial charge >= 0.3 is 4.12 Å². The highest BCUT2D eigenvalue weighted by Gasteiger charge is 2.26. The summed E-state index contributed by atoms with van der Waals surface area (Å²) >= 11 is 2.25. The van der Waals surface area contributed by atoms with Gasteiger partial charge in [0.1, 0.15) is 10.8 Å². The van der Waals surface area contributed by atoms with Gasteiger partial charge in [-0.05, 0) is 42.0 Å². The maximum absolute atomic E-state index is 12.9. The van der Waals surface area contributed by atoms with Crippen molar-refractivity contribution in [1.29, 1.82) is 0 Å². The van der Waals surface area contributed by atoms with Crippen molar-refractivity contribution in [2.75, 3.05) is 5.32 Å². The van der Waals surface area contributed by atoms with Crippen LogP contribution < -0.4 is 14.8 Å². The number of amides is 1. The zero-order chi connectivity index (χ0) is 20.9. The second-order valence-electron chi connectivity index (χ2n) is 5.74. The molecule has 0 saturated heterocycles. The number of rotatable bonds is 7. The lowest BCUT2D eigenvalue weighted by atomic mass is 10.2. The van der Waals surface area contributed by atoms with E-state index in [9.17, 15) is 18.8 Å². The molecule has 0 saturated carbocycles. The molecule has 3 aromatic rings. The van der Waals surface area contributed by atoms with Crippen LogP contribution in [0.4, 0.5) is 14.5 Å². The minimum absolute atomic E-state index is 0.0118. The number of ether oxygens (including phenoxy) is 1. The lowest BCUT2D eigenvalue weighted by molar-refractivity contribution is -0.605. The third-order valence-electron chi connectivity index (χ3n) is 3.61. The van der Waals surface area contributed by atoms with Crippen LogP contribution >= 0.6 is 34.4 Å². The number of halogens is 3. The Bertz CT molecular complexity index is 983. The molecule has 0 bridgehead atoms. The molecule has 1 amide bonds. The Morgan fingerprint density at radius 1 is 1.21 bits per heavy atom. The Hall–Kier alpha value is -2.47. The second-order valence-corrected chi connectivity index (χ2v) is 7.96. The zero-order valence-electron chi connectivity index (χ0n) is 14.7. The number of benzene rings is 1. The van der Waals surface area contributed by atoms with E-state index in [4.69, 9.17) is 0 Å². The van der Waals surface area contributed by atoms with E-state index in [0.29, 0.717) is 26.8 Å². The normalized spacial score (nSPS) is 11.1. The summed E-state index contributed by atoms with van der Waals surface area (Å²) in [7, 11) is 0. The van der Waals surface area contributed by atoms with Gasteiger partial charge in [-0.15, -0.1) is 11.8 Å². The first kappa shape index (κ1) is 21.2. The van der Waals surface area contributed by atoms with Gasteiger partial charge in [0.15, 0.2) is 12.4 Å². The van der Waals surface area contributed by atoms with Crippen LogP contribution in [0.5, 0.6) is 5.75 Å². The molecule has 0 aliphatic carbocycles. The summed E-state index contributed by atoms with van der Waals surface area (Å²) in [5, 5.41) is 14.3. The maximum Gasteiger partial charge on any atom is 0.451 e. The van der Waals surface area contributed by atoms with Gasteiger partial charge in [0.05, 0.1) is 28.2 Å². The van der Waals surface area contributed by atoms with Gasteiger partial charge in [0.25, 0.3) is 5.91 Å². The average Bonchev–Trinajstić information content (AvgIpc) is 2.68. The molecule has 0 spiro atoms. The molecule has 2 aromatic heterocycles. The Labute approximate surface area is 183 Å². The molecule has 0 aliphatic rings. The fourth-order valence-electron chi connectivity index (χ4n) is 2.31. The van der Waals surface area contributed by atoms with E-state index in [0.717, 1.165) is 28.2 Å². The van der Waals surface area contributed by atoms with E-state index >= 15 is 0 Å². The number of hydrogen-bond acceptors (Lipinski definition) is 5. The molecular weight excluding hydrogens is 515 g/mol. The highest BCUT2D eigenvalue weighted by molar-refractivity contribution is 14.1. The first-order valence-electron chi connectivity index (χ1n) is 8.23. The van der Waals surface area contributed by atoms with Gasteiger partial charge in [-0.3, -0.25) is 4.79 Å². The number of carbonyl (C=O) groups is 1. The predicted octanol–water partition coefficient (Wildman–Crippen LogP) is 4.62. The number of nitrogens with zero attached hydrogens (tertiary/aromatic N) is 2. The average molecular weight is 529 g/mol. The molecule has 1 N–H and O–H groups in total. The van der Waals surface area contributed by atoms with Crippen LogP contribution in [-0.4, -0.2) is 15.0 Å². The van der Waals surface area contributed by atoms with Crippen molar-refractivity contribution < 1.29 is 23.0 Å². The highest BCUT2D eigenvalue weighted by atomic mass is 127. The first-order valence-corrected chi connectivity index (χ1v) is 10.3. The van der Waals surface area contributed by atoms with Crippen LogP contribution in [0.25, 0.3) is 0 Å². The lowest BCUT2D eigenvalue weighted by Crippen LogP contribution is -2.23. The summed E-state index contributed by atoms with van der Waals surface area (Å²) in [6.45, 7) is 0. The zero-order valence-corrected chi connectivity index (χ0v) is 17.7. The third kappa shape index (κ3) is 6.53. The van der Waals surface area contributed by atoms with Crippen LogP contribution in [0.1, 0.15) is 15.9 Å². The number of thioether (sulfide) groups is 1. The van der Waals surface area contributed by atoms with Crippen LogP contribution in [-0.2, 0) is 5.75 Å². The Morgan fingerprint density at radius 2 is 1.90 bits per heavy atom. The molecule has 2 heterocycles. The summed E-state index contributed by atoms with van der Waals surface area (Å²) in [6.07, 6.45) is 4.40. The summed E-state index contributed by atoms with van der Waals surface area (Å²) in [4.78, 5) is 16.9. The molecule has 150 valence electrons. The standard InChI is InChI=1S/C19H14F2IN3O3S/c20-19(21,22)28-15-5-3-14(4-6-15)24-17(26)16-2-1-9-23-18(16)29-12-13-7-10-25(27)11-8-13/h1-11H,12H2,(H,24,26). The van der Waals surface area contributed by atoms with Crippen LogP contribution in [0.15, 0.2) is 72.1 Å². The number of anilines is 1. The number of hydrogen-bond donors (Lipinski definition) is 1. The summed E-state index contributed by atoms with van der Waals surface area (Å²) in [5.41, 5.74) is 1.73. The molecule has 3 rings (SSSR count). The Kier molecular flexibility index (Phi) is 6.85. The van der Waals surface area contributed by atoms with Crippen LogP contribution in [0, 0.1) is 5.21 Å². The van der Waals surface area contributed by atoms with Crippen molar-refractivity contribution >= 4 is 45.9 Å². The SMILES string of the molecule is O=C(Nc1ccc(OC(F)(F)I)cc1)c1cccnc1SCc1cc[n+]([O-])cc1. The van der Waals surface area contributed by atoms with E-state index in [1.54, 1.807) is 30.5 Å². The van der Waals surface area contributed by atoms with E-state index in [1.165, 1.54) is 48.4 Å². The number of alkyl halides is 3. The van der Waals surface area contributed by atoms with E-state index < -0.39 is 4.12 Å². The number of carbonyl (C=O) groups excluding carboxylic acids is 1. The third-order valence-corrected chi connectivity index (χ3v) is 4.90. The quantitative estimate of drug-likeness (QED) is 0.159. The van der Waals surface area contributed by atoms with Gasteiger partial charge in [-0.2, -0.15) is 13.5 Å². The van der Waals surface area contributed by atoms with Crippen molar-refractivity contribution in [3.8, 4) is 5.75 Å². The van der Waals surface area contributed by atoms with E-state index in [-0.39, 0.29) is 11.7 Å². The number of aromatic nitrogens is 2. The topological polar surface area (TPSA) is 78.2 Å². The van der Waals surface area contributed by atoms with Crippen molar-refractivity contribution in [2.45, 2.75) is 14.9 Å². The minimum atomic E-state index is -3.31. The van der Waals surface area contributed by atoms with Crippen LogP contribution in [0.3, 0.4) is 0 Å². The van der Waals surface area contributed by atoms with Gasteiger partial charge in [-0.1, -0.05) is 0 Å². The molecule has 0 atom stereocenters. The minimum Gasteiger partial charge on any atom is -0.619 e. The highest BCUT2D eigenvalue weighted by Crippen LogP contribution is 2.29. The van der Waals surface area contributed by atoms with Crippen molar-refractivity contribution in [1.82, 2.24) is 4.98 Å². The fraction of sp³-hybridized carbons (Fsp3) is 0.105. The molecule has 10 heteroatoms.